The van der Waals surface area contributed by atoms with E-state index < -0.39 is 23.0 Å². The maximum atomic E-state index is 13.2. The molecule has 32 heavy (non-hydrogen) atoms. The Morgan fingerprint density at radius 1 is 1.25 bits per heavy atom. The highest BCUT2D eigenvalue weighted by Crippen LogP contribution is 2.24. The molecule has 0 bridgehead atoms. The predicted octanol–water partition coefficient (Wildman–Crippen LogP) is 2.89. The smallest absolute Gasteiger partial charge is 0.328 e. The highest BCUT2D eigenvalue weighted by atomic mass is 32.2. The maximum Gasteiger partial charge on any atom is 0.328 e. The molecule has 3 N–H and O–H groups in total. The lowest BCUT2D eigenvalue weighted by Gasteiger charge is -2.22. The number of ether oxygens (including phenoxy) is 2. The Morgan fingerprint density at radius 2 is 2.00 bits per heavy atom. The fourth-order valence-electron chi connectivity index (χ4n) is 3.19. The molecule has 0 spiro atoms. The topological polar surface area (TPSA) is 121 Å². The number of methoxy groups -OCH3 is 1. The van der Waals surface area contributed by atoms with Crippen LogP contribution in [-0.4, -0.2) is 65.7 Å². The van der Waals surface area contributed by atoms with Crippen LogP contribution in [0.15, 0.2) is 30.5 Å². The zero-order chi connectivity index (χ0) is 23.5. The van der Waals surface area contributed by atoms with Crippen LogP contribution in [0.2, 0.25) is 0 Å². The first-order chi connectivity index (χ1) is 15.3. The number of thioether (sulfide) groups is 1. The summed E-state index contributed by atoms with van der Waals surface area (Å²) < 4.78 is 10.4. The van der Waals surface area contributed by atoms with Crippen molar-refractivity contribution in [1.29, 1.82) is 5.41 Å². The quantitative estimate of drug-likeness (QED) is 0.226. The first-order valence-electron chi connectivity index (χ1n) is 10.5. The summed E-state index contributed by atoms with van der Waals surface area (Å²) in [7, 11) is 1.60. The van der Waals surface area contributed by atoms with Crippen LogP contribution in [0.25, 0.3) is 10.9 Å². The summed E-state index contributed by atoms with van der Waals surface area (Å²) >= 11 is 1.45. The van der Waals surface area contributed by atoms with Crippen molar-refractivity contribution in [3.05, 3.63) is 36.0 Å². The third-order valence-electron chi connectivity index (χ3n) is 4.77. The van der Waals surface area contributed by atoms with Crippen molar-refractivity contribution in [1.82, 2.24) is 10.3 Å². The molecule has 0 fully saturated rings. The Morgan fingerprint density at radius 3 is 2.69 bits per heavy atom. The molecule has 2 aromatic rings. The van der Waals surface area contributed by atoms with Crippen molar-refractivity contribution in [3.8, 4) is 0 Å². The number of para-hydroxylation sites is 1. The van der Waals surface area contributed by atoms with E-state index in [-0.39, 0.29) is 24.9 Å². The summed E-state index contributed by atoms with van der Waals surface area (Å²) in [4.78, 5) is 40.5. The summed E-state index contributed by atoms with van der Waals surface area (Å²) in [5.74, 6) is -0.681. The number of benzene rings is 1. The molecule has 0 radical (unpaired) electrons. The molecule has 0 aliphatic heterocycles. The van der Waals surface area contributed by atoms with Gasteiger partial charge in [0.15, 0.2) is 5.78 Å². The van der Waals surface area contributed by atoms with Crippen LogP contribution < -0.4 is 5.32 Å². The third-order valence-corrected chi connectivity index (χ3v) is 5.96. The third kappa shape index (κ3) is 7.80. The number of H-pyrrole nitrogens is 1. The van der Waals surface area contributed by atoms with Crippen LogP contribution in [0.5, 0.6) is 0 Å². The Hall–Kier alpha value is -2.65. The summed E-state index contributed by atoms with van der Waals surface area (Å²) in [5, 5.41) is 10.4. The van der Waals surface area contributed by atoms with E-state index in [1.165, 1.54) is 11.8 Å². The molecule has 0 saturated carbocycles. The van der Waals surface area contributed by atoms with Crippen LogP contribution in [0.3, 0.4) is 0 Å². The zero-order valence-corrected chi connectivity index (χ0v) is 19.5. The highest BCUT2D eigenvalue weighted by molar-refractivity contribution is 8.00. The minimum absolute atomic E-state index is 0.0222. The molecule has 8 nitrogen and oxygen atoms in total. The molecular weight excluding hydrogens is 430 g/mol. The lowest BCUT2D eigenvalue weighted by atomic mass is 10.1. The summed E-state index contributed by atoms with van der Waals surface area (Å²) in [5.41, 5.74) is 2.00. The molecule has 2 rings (SSSR count). The Balaban J connectivity index is 2.17. The minimum Gasteiger partial charge on any atom is -0.461 e. The normalized spacial score (nSPS) is 13.0. The average molecular weight is 462 g/mol. The molecule has 0 aliphatic rings. The van der Waals surface area contributed by atoms with Gasteiger partial charge in [-0.05, 0) is 38.3 Å². The lowest BCUT2D eigenvalue weighted by molar-refractivity contribution is -0.151. The molecule has 1 heterocycles. The van der Waals surface area contributed by atoms with Crippen molar-refractivity contribution in [2.24, 2.45) is 0 Å². The lowest BCUT2D eigenvalue weighted by Crippen LogP contribution is -2.46. The van der Waals surface area contributed by atoms with Crippen LogP contribution in [0.4, 0.5) is 0 Å². The van der Waals surface area contributed by atoms with E-state index >= 15 is 0 Å². The van der Waals surface area contributed by atoms with Gasteiger partial charge in [-0.1, -0.05) is 18.2 Å². The van der Waals surface area contributed by atoms with Crippen LogP contribution in [0, 0.1) is 5.41 Å². The largest absolute Gasteiger partial charge is 0.461 e. The van der Waals surface area contributed by atoms with Gasteiger partial charge in [0.25, 0.3) is 0 Å². The summed E-state index contributed by atoms with van der Waals surface area (Å²) in [6.07, 6.45) is 2.79. The van der Waals surface area contributed by atoms with Gasteiger partial charge in [0.1, 0.15) is 6.04 Å². The number of ketones is 1. The van der Waals surface area contributed by atoms with Gasteiger partial charge in [-0.15, -0.1) is 11.8 Å². The Labute approximate surface area is 192 Å². The van der Waals surface area contributed by atoms with Crippen LogP contribution in [0.1, 0.15) is 32.3 Å². The molecule has 9 heteroatoms. The van der Waals surface area contributed by atoms with Crippen LogP contribution >= 0.6 is 11.8 Å². The molecule has 0 aliphatic carbocycles. The molecule has 174 valence electrons. The molecule has 0 saturated heterocycles. The standard InChI is InChI=1S/C23H31N3O5S/c1-15(2)31-23(29)20(9-8-17(27)13-24)26-22(28)21(32-11-10-30-3)12-16-14-25-19-7-5-4-6-18(16)19/h4-7,13-15,20-21,24-25H,8-12H2,1-3H3,(H,26,28)/t20-,21-/m0/s1. The number of nitrogens with one attached hydrogen (secondary N) is 3. The van der Waals surface area contributed by atoms with E-state index in [0.717, 1.165) is 16.5 Å². The molecule has 0 unspecified atom stereocenters. The molecule has 1 aromatic carbocycles. The summed E-state index contributed by atoms with van der Waals surface area (Å²) in [6, 6.07) is 6.92. The monoisotopic (exact) mass is 461 g/mol. The summed E-state index contributed by atoms with van der Waals surface area (Å²) in [6.45, 7) is 3.94. The number of hydrogen-bond acceptors (Lipinski definition) is 7. The van der Waals surface area contributed by atoms with E-state index in [9.17, 15) is 14.4 Å². The Kier molecular flexibility index (Phi) is 10.4. The number of aromatic amines is 1. The SMILES string of the molecule is COCCS[C@@H](Cc1c[nH]c2ccccc12)C(=O)N[C@@H](CCC(=O)C=N)C(=O)OC(C)C. The average Bonchev–Trinajstić information content (AvgIpc) is 3.18. The van der Waals surface area contributed by atoms with E-state index in [0.29, 0.717) is 25.0 Å². The second-order valence-corrected chi connectivity index (χ2v) is 8.92. The number of carbonyl (C=O) groups is 3. The molecule has 1 amide bonds. The van der Waals surface area contributed by atoms with E-state index in [1.54, 1.807) is 21.0 Å². The Bertz CT molecular complexity index is 927. The first kappa shape index (κ1) is 25.6. The maximum absolute atomic E-state index is 13.2. The predicted molar refractivity (Wildman–Crippen MR) is 126 cm³/mol. The zero-order valence-electron chi connectivity index (χ0n) is 18.7. The minimum atomic E-state index is -0.956. The van der Waals surface area contributed by atoms with Crippen LogP contribution in [-0.2, 0) is 30.3 Å². The van der Waals surface area contributed by atoms with E-state index in [2.05, 4.69) is 10.3 Å². The van der Waals surface area contributed by atoms with E-state index in [4.69, 9.17) is 14.9 Å². The van der Waals surface area contributed by atoms with Gasteiger partial charge in [-0.25, -0.2) is 4.79 Å². The second kappa shape index (κ2) is 13.0. The van der Waals surface area contributed by atoms with Crippen molar-refractivity contribution < 1.29 is 23.9 Å². The van der Waals surface area contributed by atoms with Gasteiger partial charge in [0.2, 0.25) is 5.91 Å². The number of Topliss-reactive ketones (excluding diaryl/α,β-unsaturated/α-hetero) is 1. The number of amides is 1. The number of esters is 1. The molecule has 2 atom stereocenters. The van der Waals surface area contributed by atoms with Crippen molar-refractivity contribution in [2.75, 3.05) is 19.5 Å². The van der Waals surface area contributed by atoms with Crippen molar-refractivity contribution in [3.63, 3.8) is 0 Å². The number of fused-ring (bicyclic) bond motifs is 1. The first-order valence-corrected chi connectivity index (χ1v) is 11.6. The fourth-order valence-corrected chi connectivity index (χ4v) is 4.25. The van der Waals surface area contributed by atoms with Gasteiger partial charge in [-0.3, -0.25) is 9.59 Å². The molecule has 1 aromatic heterocycles. The number of rotatable bonds is 14. The van der Waals surface area contributed by atoms with Crippen molar-refractivity contribution in [2.45, 2.75) is 50.5 Å². The van der Waals surface area contributed by atoms with E-state index in [1.807, 2.05) is 30.5 Å². The number of aromatic nitrogens is 1. The van der Waals surface area contributed by atoms with Gasteiger partial charge in [0.05, 0.1) is 24.2 Å². The van der Waals surface area contributed by atoms with Gasteiger partial charge in [0, 0.05) is 36.4 Å². The second-order valence-electron chi connectivity index (χ2n) is 7.61. The fraction of sp³-hybridized carbons (Fsp3) is 0.478. The van der Waals surface area contributed by atoms with Gasteiger partial charge < -0.3 is 25.2 Å². The van der Waals surface area contributed by atoms with Gasteiger partial charge >= 0.3 is 5.97 Å². The van der Waals surface area contributed by atoms with Crippen molar-refractivity contribution >= 4 is 46.5 Å². The highest BCUT2D eigenvalue weighted by Gasteiger charge is 2.28. The van der Waals surface area contributed by atoms with Gasteiger partial charge in [-0.2, -0.15) is 0 Å². The molecular formula is C23H31N3O5S. The number of hydrogen-bond donors (Lipinski definition) is 3. The number of carbonyl (C=O) groups excluding carboxylic acids is 3.